The van der Waals surface area contributed by atoms with Crippen LogP contribution in [0.5, 0.6) is 0 Å². The second-order valence-electron chi connectivity index (χ2n) is 20.6. The molecular formula is C66H84N4+4. The van der Waals surface area contributed by atoms with Gasteiger partial charge in [0.25, 0.3) is 0 Å². The number of aryl methyl sites for hydroxylation is 14. The largest absolute Gasteiger partial charge is 0.212 e. The van der Waals surface area contributed by atoms with Crippen LogP contribution in [0.2, 0.25) is 0 Å². The summed E-state index contributed by atoms with van der Waals surface area (Å²) in [6.45, 7) is 30.7. The number of pyridine rings is 4. The molecule has 70 heavy (non-hydrogen) atoms. The van der Waals surface area contributed by atoms with Gasteiger partial charge in [-0.1, -0.05) is 88.7 Å². The minimum Gasteiger partial charge on any atom is -0.201 e. The summed E-state index contributed by atoms with van der Waals surface area (Å²) in [4.78, 5) is 0. The van der Waals surface area contributed by atoms with Crippen LogP contribution in [0, 0.1) is 68.2 Å². The molecule has 4 heterocycles. The summed E-state index contributed by atoms with van der Waals surface area (Å²) < 4.78 is 8.73. The average molecular weight is 933 g/mol. The van der Waals surface area contributed by atoms with E-state index in [1.165, 1.54) is 112 Å². The van der Waals surface area contributed by atoms with E-state index in [0.29, 0.717) is 11.8 Å². The zero-order valence-electron chi connectivity index (χ0n) is 46.2. The van der Waals surface area contributed by atoms with Gasteiger partial charge >= 0.3 is 0 Å². The Morgan fingerprint density at radius 2 is 0.657 bits per heavy atom. The number of benzene rings is 4. The van der Waals surface area contributed by atoms with E-state index in [1.807, 2.05) is 0 Å². The number of hydrogen-bond acceptors (Lipinski definition) is 0. The predicted molar refractivity (Wildman–Crippen MR) is 297 cm³/mol. The molecule has 0 aliphatic heterocycles. The summed E-state index contributed by atoms with van der Waals surface area (Å²) in [6, 6.07) is 44.6. The molecule has 0 aliphatic carbocycles. The first kappa shape index (κ1) is 54.4. The molecule has 4 heteroatoms. The summed E-state index contributed by atoms with van der Waals surface area (Å²) in [5, 5.41) is 0. The Hall–Kier alpha value is -6.52. The fourth-order valence-electron chi connectivity index (χ4n) is 9.05. The smallest absolute Gasteiger partial charge is 0.201 e. The highest BCUT2D eigenvalue weighted by atomic mass is 14.9. The van der Waals surface area contributed by atoms with E-state index in [9.17, 15) is 0 Å². The zero-order chi connectivity index (χ0) is 51.4. The fraction of sp³-hybridized carbons (Fsp3) is 0.333. The molecule has 4 aromatic carbocycles. The lowest BCUT2D eigenvalue weighted by molar-refractivity contribution is -0.660. The van der Waals surface area contributed by atoms with E-state index in [4.69, 9.17) is 0 Å². The molecule has 0 atom stereocenters. The molecule has 0 aliphatic rings. The zero-order valence-corrected chi connectivity index (χ0v) is 46.2. The van der Waals surface area contributed by atoms with Crippen molar-refractivity contribution >= 4 is 0 Å². The van der Waals surface area contributed by atoms with Gasteiger partial charge in [0.15, 0.2) is 24.8 Å². The van der Waals surface area contributed by atoms with Gasteiger partial charge in [0, 0.05) is 70.8 Å². The molecule has 0 bridgehead atoms. The van der Waals surface area contributed by atoms with E-state index in [1.54, 1.807) is 0 Å². The molecule has 0 N–H and O–H groups in total. The minimum absolute atomic E-state index is 0.587. The SMILES string of the molecule is CCc1ccc(-c2cc(C)cc[n+]2C)c(C)c1.Cc1cc[n+](C)c(-c2ccc(C(C)C)cc2C)c1.Cc1cc[n+](C)c(-c2ccc(CC(C)C)cc2C)c1.Cc1ccc(-c2cc(C)cc[n+]2C)c(C)c1. The minimum atomic E-state index is 0.587. The highest BCUT2D eigenvalue weighted by Gasteiger charge is 2.16. The van der Waals surface area contributed by atoms with Crippen molar-refractivity contribution in [3.05, 3.63) is 213 Å². The van der Waals surface area contributed by atoms with Crippen molar-refractivity contribution < 1.29 is 18.3 Å². The van der Waals surface area contributed by atoms with Crippen LogP contribution in [-0.2, 0) is 41.0 Å². The fourth-order valence-corrected chi connectivity index (χ4v) is 9.05. The van der Waals surface area contributed by atoms with Crippen LogP contribution >= 0.6 is 0 Å². The number of aromatic nitrogens is 4. The van der Waals surface area contributed by atoms with Gasteiger partial charge in [-0.05, 0) is 172 Å². The first-order valence-corrected chi connectivity index (χ1v) is 25.4. The van der Waals surface area contributed by atoms with E-state index in [0.717, 1.165) is 12.8 Å². The second-order valence-corrected chi connectivity index (χ2v) is 20.6. The Morgan fingerprint density at radius 3 is 0.986 bits per heavy atom. The van der Waals surface area contributed by atoms with Crippen molar-refractivity contribution in [3.8, 4) is 45.0 Å². The van der Waals surface area contributed by atoms with Gasteiger partial charge in [0.2, 0.25) is 22.8 Å². The summed E-state index contributed by atoms with van der Waals surface area (Å²) in [7, 11) is 8.40. The highest BCUT2D eigenvalue weighted by Crippen LogP contribution is 2.27. The van der Waals surface area contributed by atoms with Crippen LogP contribution in [0.25, 0.3) is 45.0 Å². The molecule has 0 spiro atoms. The van der Waals surface area contributed by atoms with Crippen LogP contribution in [0.1, 0.15) is 107 Å². The molecule has 0 unspecified atom stereocenters. The van der Waals surface area contributed by atoms with Crippen molar-refractivity contribution in [2.45, 2.75) is 116 Å². The molecule has 8 aromatic rings. The van der Waals surface area contributed by atoms with Gasteiger partial charge < -0.3 is 0 Å². The lowest BCUT2D eigenvalue weighted by Crippen LogP contribution is -2.30. The van der Waals surface area contributed by atoms with Gasteiger partial charge in [-0.2, -0.15) is 0 Å². The summed E-state index contributed by atoms with van der Waals surface area (Å²) in [5.74, 6) is 1.30. The van der Waals surface area contributed by atoms with Crippen LogP contribution in [0.4, 0.5) is 0 Å². The summed E-state index contributed by atoms with van der Waals surface area (Å²) in [5.41, 5.74) is 26.6. The first-order valence-electron chi connectivity index (χ1n) is 25.4. The first-order chi connectivity index (χ1) is 33.1. The van der Waals surface area contributed by atoms with E-state index in [-0.39, 0.29) is 0 Å². The maximum Gasteiger partial charge on any atom is 0.212 e. The summed E-state index contributed by atoms with van der Waals surface area (Å²) >= 11 is 0. The number of hydrogen-bond donors (Lipinski definition) is 0. The van der Waals surface area contributed by atoms with E-state index in [2.05, 4.69) is 290 Å². The maximum absolute atomic E-state index is 2.33. The lowest BCUT2D eigenvalue weighted by Gasteiger charge is -2.10. The topological polar surface area (TPSA) is 15.5 Å². The van der Waals surface area contributed by atoms with Gasteiger partial charge in [-0.25, -0.2) is 18.3 Å². The van der Waals surface area contributed by atoms with Crippen molar-refractivity contribution in [2.75, 3.05) is 0 Å². The number of rotatable bonds is 8. The highest BCUT2D eigenvalue weighted by molar-refractivity contribution is 5.65. The van der Waals surface area contributed by atoms with Gasteiger partial charge in [0.05, 0.1) is 0 Å². The molecular weight excluding hydrogens is 849 g/mol. The molecule has 0 radical (unpaired) electrons. The van der Waals surface area contributed by atoms with E-state index < -0.39 is 0 Å². The molecule has 8 rings (SSSR count). The third-order valence-corrected chi connectivity index (χ3v) is 13.3. The summed E-state index contributed by atoms with van der Waals surface area (Å²) in [6.07, 6.45) is 10.7. The van der Waals surface area contributed by atoms with Crippen LogP contribution in [0.15, 0.2) is 146 Å². The van der Waals surface area contributed by atoms with Gasteiger partial charge in [0.1, 0.15) is 28.2 Å². The molecule has 4 aromatic heterocycles. The Bertz CT molecular complexity index is 3040. The molecule has 0 amide bonds. The molecule has 4 nitrogen and oxygen atoms in total. The number of nitrogens with zero attached hydrogens (tertiary/aromatic N) is 4. The lowest BCUT2D eigenvalue weighted by atomic mass is 9.96. The Kier molecular flexibility index (Phi) is 19.3. The Morgan fingerprint density at radius 1 is 0.343 bits per heavy atom. The van der Waals surface area contributed by atoms with Crippen LogP contribution in [-0.4, -0.2) is 0 Å². The second kappa shape index (κ2) is 24.9. The quantitative estimate of drug-likeness (QED) is 0.135. The van der Waals surface area contributed by atoms with Crippen molar-refractivity contribution in [1.82, 2.24) is 0 Å². The van der Waals surface area contributed by atoms with Crippen LogP contribution in [0.3, 0.4) is 0 Å². The maximum atomic E-state index is 2.33. The Balaban J connectivity index is 0.000000174. The average Bonchev–Trinajstić information content (AvgIpc) is 3.30. The Labute approximate surface area is 424 Å². The standard InChI is InChI=1S/C18H24N.C17H22N.C16H20N.C15H18N/c1-13(2)10-16-6-7-17(15(4)12-16)18-11-14(3)8-9-19(18)5;1-12(2)15-6-7-16(14(4)11-15)17-10-13(3)8-9-18(17)5;1-5-14-6-7-15(13(3)11-14)16-10-12(2)8-9-17(16)4;1-11-5-6-14(13(3)9-11)15-10-12(2)7-8-16(15)4/h6-9,11-13H,10H2,1-5H3;6-12H,1-5H3;6-11H,5H2,1-4H3;5-10H,1-4H3/q4*+1. The van der Waals surface area contributed by atoms with Crippen molar-refractivity contribution in [2.24, 2.45) is 34.1 Å². The van der Waals surface area contributed by atoms with E-state index >= 15 is 0 Å². The van der Waals surface area contributed by atoms with Gasteiger partial charge in [-0.15, -0.1) is 0 Å². The third-order valence-electron chi connectivity index (χ3n) is 13.3. The molecule has 0 saturated carbocycles. The van der Waals surface area contributed by atoms with Crippen LogP contribution < -0.4 is 18.3 Å². The van der Waals surface area contributed by atoms with Gasteiger partial charge in [-0.3, -0.25) is 0 Å². The normalized spacial score (nSPS) is 10.8. The van der Waals surface area contributed by atoms with Crippen molar-refractivity contribution in [1.29, 1.82) is 0 Å². The molecule has 0 saturated heterocycles. The monoisotopic (exact) mass is 933 g/mol. The predicted octanol–water partition coefficient (Wildman–Crippen LogP) is 14.4. The molecule has 0 fully saturated rings. The third kappa shape index (κ3) is 14.7. The molecule has 364 valence electrons. The van der Waals surface area contributed by atoms with Crippen molar-refractivity contribution in [3.63, 3.8) is 0 Å².